The van der Waals surface area contributed by atoms with Crippen LogP contribution in [0.3, 0.4) is 0 Å². The van der Waals surface area contributed by atoms with Gasteiger partial charge in [0.2, 0.25) is 12.7 Å². The SMILES string of the molecule is COc1ccc(-c2cnc3nc(N)nc(N4CCN(Cc5ccc6c(c5)OCO6)CC4)c3n2)cc1OC. The lowest BCUT2D eigenvalue weighted by atomic mass is 10.1. The van der Waals surface area contributed by atoms with Crippen molar-refractivity contribution >= 4 is 22.9 Å². The zero-order valence-electron chi connectivity index (χ0n) is 20.7. The van der Waals surface area contributed by atoms with Crippen molar-refractivity contribution in [1.29, 1.82) is 0 Å². The fourth-order valence-electron chi connectivity index (χ4n) is 4.68. The molecule has 2 aliphatic heterocycles. The molecule has 0 radical (unpaired) electrons. The molecule has 0 aliphatic carbocycles. The Morgan fingerprint density at radius 3 is 2.51 bits per heavy atom. The van der Waals surface area contributed by atoms with E-state index in [4.69, 9.17) is 29.7 Å². The fraction of sp³-hybridized carbons (Fsp3) is 0.308. The first-order valence-corrected chi connectivity index (χ1v) is 12.0. The minimum atomic E-state index is 0.179. The van der Waals surface area contributed by atoms with E-state index in [1.54, 1.807) is 20.4 Å². The summed E-state index contributed by atoms with van der Waals surface area (Å²) in [6, 6.07) is 11.8. The van der Waals surface area contributed by atoms with Gasteiger partial charge in [-0.1, -0.05) is 6.07 Å². The minimum Gasteiger partial charge on any atom is -0.493 e. The minimum absolute atomic E-state index is 0.179. The van der Waals surface area contributed by atoms with Crippen molar-refractivity contribution in [2.24, 2.45) is 0 Å². The number of hydrogen-bond donors (Lipinski definition) is 1. The van der Waals surface area contributed by atoms with Gasteiger partial charge in [0.25, 0.3) is 0 Å². The van der Waals surface area contributed by atoms with Crippen molar-refractivity contribution in [2.75, 3.05) is 57.8 Å². The molecule has 2 N–H and O–H groups in total. The number of rotatable bonds is 6. The van der Waals surface area contributed by atoms with Crippen LogP contribution < -0.4 is 29.6 Å². The van der Waals surface area contributed by atoms with Gasteiger partial charge < -0.3 is 29.6 Å². The molecule has 1 saturated heterocycles. The molecule has 0 spiro atoms. The quantitative estimate of drug-likeness (QED) is 0.420. The summed E-state index contributed by atoms with van der Waals surface area (Å²) < 4.78 is 21.8. The third-order valence-corrected chi connectivity index (χ3v) is 6.60. The molecule has 4 heterocycles. The van der Waals surface area contributed by atoms with Gasteiger partial charge in [-0.3, -0.25) is 4.90 Å². The molecule has 0 unspecified atom stereocenters. The molecule has 190 valence electrons. The maximum Gasteiger partial charge on any atom is 0.231 e. The van der Waals surface area contributed by atoms with Gasteiger partial charge in [-0.05, 0) is 35.9 Å². The summed E-state index contributed by atoms with van der Waals surface area (Å²) in [4.78, 5) is 22.9. The zero-order chi connectivity index (χ0) is 25.4. The Bertz CT molecular complexity index is 1460. The van der Waals surface area contributed by atoms with Gasteiger partial charge in [-0.25, -0.2) is 9.97 Å². The number of piperazine rings is 1. The average Bonchev–Trinajstić information content (AvgIpc) is 3.40. The first-order valence-electron chi connectivity index (χ1n) is 12.0. The molecular weight excluding hydrogens is 474 g/mol. The van der Waals surface area contributed by atoms with Gasteiger partial charge in [-0.15, -0.1) is 0 Å². The topological polar surface area (TPSA) is 121 Å². The first-order chi connectivity index (χ1) is 18.1. The largest absolute Gasteiger partial charge is 0.493 e. The highest BCUT2D eigenvalue weighted by Crippen LogP contribution is 2.34. The van der Waals surface area contributed by atoms with E-state index >= 15 is 0 Å². The number of hydrogen-bond acceptors (Lipinski definition) is 11. The summed E-state index contributed by atoms with van der Waals surface area (Å²) >= 11 is 0. The fourth-order valence-corrected chi connectivity index (χ4v) is 4.68. The Morgan fingerprint density at radius 1 is 0.892 bits per heavy atom. The second-order valence-corrected chi connectivity index (χ2v) is 8.85. The molecule has 37 heavy (non-hydrogen) atoms. The molecule has 0 saturated carbocycles. The third-order valence-electron chi connectivity index (χ3n) is 6.60. The van der Waals surface area contributed by atoms with Crippen molar-refractivity contribution in [1.82, 2.24) is 24.8 Å². The summed E-state index contributed by atoms with van der Waals surface area (Å²) in [5.74, 6) is 3.75. The van der Waals surface area contributed by atoms with Crippen LogP contribution in [0.5, 0.6) is 23.0 Å². The Labute approximate surface area is 213 Å². The zero-order valence-corrected chi connectivity index (χ0v) is 20.7. The highest BCUT2D eigenvalue weighted by Gasteiger charge is 2.23. The molecule has 11 nitrogen and oxygen atoms in total. The van der Waals surface area contributed by atoms with Crippen LogP contribution in [0.4, 0.5) is 11.8 Å². The van der Waals surface area contributed by atoms with Crippen LogP contribution in [0.15, 0.2) is 42.6 Å². The number of benzene rings is 2. The summed E-state index contributed by atoms with van der Waals surface area (Å²) in [5.41, 5.74) is 9.86. The van der Waals surface area contributed by atoms with Gasteiger partial charge in [0.1, 0.15) is 0 Å². The number of fused-ring (bicyclic) bond motifs is 2. The summed E-state index contributed by atoms with van der Waals surface area (Å²) in [5, 5.41) is 0. The predicted octanol–water partition coefficient (Wildman–Crippen LogP) is 2.74. The average molecular weight is 502 g/mol. The number of ether oxygens (including phenoxy) is 4. The number of methoxy groups -OCH3 is 2. The van der Waals surface area contributed by atoms with E-state index in [0.29, 0.717) is 34.2 Å². The van der Waals surface area contributed by atoms with E-state index in [9.17, 15) is 0 Å². The highest BCUT2D eigenvalue weighted by atomic mass is 16.7. The Balaban J connectivity index is 1.24. The third kappa shape index (κ3) is 4.49. The van der Waals surface area contributed by atoms with Crippen molar-refractivity contribution in [3.8, 4) is 34.3 Å². The number of aromatic nitrogens is 4. The normalized spacial score (nSPS) is 15.2. The molecule has 11 heteroatoms. The van der Waals surface area contributed by atoms with Gasteiger partial charge in [-0.2, -0.15) is 9.97 Å². The lowest BCUT2D eigenvalue weighted by Gasteiger charge is -2.35. The monoisotopic (exact) mass is 501 g/mol. The second kappa shape index (κ2) is 9.58. The molecule has 0 amide bonds. The van der Waals surface area contributed by atoms with Gasteiger partial charge >= 0.3 is 0 Å². The van der Waals surface area contributed by atoms with Crippen LogP contribution in [0.2, 0.25) is 0 Å². The molecule has 2 aromatic heterocycles. The van der Waals surface area contributed by atoms with Crippen molar-refractivity contribution in [3.05, 3.63) is 48.2 Å². The molecule has 0 bridgehead atoms. The molecular formula is C26H27N7O4. The van der Waals surface area contributed by atoms with Crippen molar-refractivity contribution in [2.45, 2.75) is 6.54 Å². The van der Waals surface area contributed by atoms with Gasteiger partial charge in [0, 0.05) is 38.3 Å². The smallest absolute Gasteiger partial charge is 0.231 e. The number of nitrogen functional groups attached to an aromatic ring is 1. The van der Waals surface area contributed by atoms with E-state index in [-0.39, 0.29) is 12.7 Å². The van der Waals surface area contributed by atoms with E-state index in [2.05, 4.69) is 36.9 Å². The van der Waals surface area contributed by atoms with Crippen LogP contribution in [0.25, 0.3) is 22.4 Å². The van der Waals surface area contributed by atoms with Crippen molar-refractivity contribution < 1.29 is 18.9 Å². The number of nitrogens with two attached hydrogens (primary N) is 1. The summed E-state index contributed by atoms with van der Waals surface area (Å²) in [7, 11) is 3.21. The molecule has 2 aliphatic rings. The van der Waals surface area contributed by atoms with Gasteiger partial charge in [0.15, 0.2) is 40.0 Å². The molecule has 2 aromatic carbocycles. The second-order valence-electron chi connectivity index (χ2n) is 8.85. The van der Waals surface area contributed by atoms with E-state index in [1.165, 1.54) is 5.56 Å². The molecule has 0 atom stereocenters. The maximum absolute atomic E-state index is 6.04. The van der Waals surface area contributed by atoms with Crippen LogP contribution in [-0.2, 0) is 6.54 Å². The first kappa shape index (κ1) is 23.0. The molecule has 1 fully saturated rings. The lowest BCUT2D eigenvalue weighted by molar-refractivity contribution is 0.174. The van der Waals surface area contributed by atoms with Gasteiger partial charge in [0.05, 0.1) is 26.1 Å². The van der Waals surface area contributed by atoms with E-state index in [0.717, 1.165) is 49.8 Å². The van der Waals surface area contributed by atoms with Crippen LogP contribution >= 0.6 is 0 Å². The van der Waals surface area contributed by atoms with E-state index in [1.807, 2.05) is 24.3 Å². The van der Waals surface area contributed by atoms with Crippen molar-refractivity contribution in [3.63, 3.8) is 0 Å². The Hall–Kier alpha value is -4.38. The lowest BCUT2D eigenvalue weighted by Crippen LogP contribution is -2.46. The summed E-state index contributed by atoms with van der Waals surface area (Å²) in [6.45, 7) is 4.40. The van der Waals surface area contributed by atoms with Crippen LogP contribution in [0, 0.1) is 0 Å². The highest BCUT2D eigenvalue weighted by molar-refractivity contribution is 5.86. The number of anilines is 2. The summed E-state index contributed by atoms with van der Waals surface area (Å²) in [6.07, 6.45) is 1.68. The Kier molecular flexibility index (Phi) is 5.97. The predicted molar refractivity (Wildman–Crippen MR) is 138 cm³/mol. The Morgan fingerprint density at radius 2 is 1.70 bits per heavy atom. The van der Waals surface area contributed by atoms with Crippen LogP contribution in [-0.4, -0.2) is 72.0 Å². The molecule has 6 rings (SSSR count). The number of nitrogens with zero attached hydrogens (tertiary/aromatic N) is 6. The van der Waals surface area contributed by atoms with E-state index < -0.39 is 0 Å². The molecule has 4 aromatic rings. The standard InChI is InChI=1S/C26H27N7O4/c1-34-19-6-4-17(12-21(19)35-2)18-13-28-24-23(29-18)25(31-26(27)30-24)33-9-7-32(8-10-33)14-16-3-5-20-22(11-16)37-15-36-20/h3-6,11-13H,7-10,14-15H2,1-2H3,(H2,27,28,30,31). The van der Waals surface area contributed by atoms with Crippen LogP contribution in [0.1, 0.15) is 5.56 Å². The maximum atomic E-state index is 6.04.